The standard InChI is InChI=1S/C19H18O3S/c1-3-11-9-14(16(21)10-15(11)20)13-8-7-12-5-4-6-17(22-2)18(12)19(13)23/h4-10,20-21,23H,3H2,1-2H3. The van der Waals surface area contributed by atoms with E-state index < -0.39 is 0 Å². The molecule has 0 radical (unpaired) electrons. The minimum atomic E-state index is 0.0317. The Labute approximate surface area is 140 Å². The number of phenols is 2. The average Bonchev–Trinajstić information content (AvgIpc) is 2.55. The molecule has 0 amide bonds. The maximum atomic E-state index is 10.3. The first kappa shape index (κ1) is 15.6. The zero-order chi connectivity index (χ0) is 16.6. The summed E-state index contributed by atoms with van der Waals surface area (Å²) < 4.78 is 5.44. The molecule has 0 aliphatic heterocycles. The number of benzene rings is 3. The molecular weight excluding hydrogens is 308 g/mol. The molecule has 3 rings (SSSR count). The second-order valence-corrected chi connectivity index (χ2v) is 5.82. The van der Waals surface area contributed by atoms with Gasteiger partial charge in [-0.3, -0.25) is 0 Å². The first-order valence-corrected chi connectivity index (χ1v) is 7.85. The van der Waals surface area contributed by atoms with Crippen LogP contribution in [0.25, 0.3) is 21.9 Å². The summed E-state index contributed by atoms with van der Waals surface area (Å²) in [4.78, 5) is 0.739. The zero-order valence-electron chi connectivity index (χ0n) is 13.0. The number of methoxy groups -OCH3 is 1. The lowest BCUT2D eigenvalue weighted by atomic mass is 9.97. The van der Waals surface area contributed by atoms with E-state index in [0.717, 1.165) is 32.5 Å². The fraction of sp³-hybridized carbons (Fsp3) is 0.158. The van der Waals surface area contributed by atoms with Crippen molar-refractivity contribution < 1.29 is 14.9 Å². The molecule has 0 aromatic heterocycles. The SMILES string of the molecule is CCc1cc(-c2ccc3cccc(OC)c3c2S)c(O)cc1O. The summed E-state index contributed by atoms with van der Waals surface area (Å²) in [5.74, 6) is 0.875. The van der Waals surface area contributed by atoms with Gasteiger partial charge in [0.05, 0.1) is 7.11 Å². The van der Waals surface area contributed by atoms with Gasteiger partial charge in [0.2, 0.25) is 0 Å². The second-order valence-electron chi connectivity index (χ2n) is 5.37. The van der Waals surface area contributed by atoms with E-state index in [2.05, 4.69) is 12.6 Å². The molecule has 3 aromatic carbocycles. The highest BCUT2D eigenvalue weighted by Crippen LogP contribution is 2.42. The van der Waals surface area contributed by atoms with E-state index >= 15 is 0 Å². The van der Waals surface area contributed by atoms with Crippen LogP contribution in [0.2, 0.25) is 0 Å². The summed E-state index contributed by atoms with van der Waals surface area (Å²) in [6.45, 7) is 1.96. The van der Waals surface area contributed by atoms with Crippen molar-refractivity contribution >= 4 is 23.4 Å². The van der Waals surface area contributed by atoms with E-state index in [1.54, 1.807) is 13.2 Å². The van der Waals surface area contributed by atoms with Crippen molar-refractivity contribution in [3.05, 3.63) is 48.0 Å². The maximum Gasteiger partial charge on any atom is 0.127 e. The Kier molecular flexibility index (Phi) is 4.09. The van der Waals surface area contributed by atoms with Gasteiger partial charge in [0, 0.05) is 21.9 Å². The van der Waals surface area contributed by atoms with Crippen LogP contribution in [-0.4, -0.2) is 17.3 Å². The predicted molar refractivity (Wildman–Crippen MR) is 95.9 cm³/mol. The van der Waals surface area contributed by atoms with E-state index in [9.17, 15) is 10.2 Å². The molecule has 0 aliphatic rings. The molecule has 4 heteroatoms. The fourth-order valence-electron chi connectivity index (χ4n) is 2.84. The smallest absolute Gasteiger partial charge is 0.127 e. The second kappa shape index (κ2) is 6.05. The largest absolute Gasteiger partial charge is 0.508 e. The van der Waals surface area contributed by atoms with Crippen LogP contribution in [0.5, 0.6) is 17.2 Å². The number of phenolic OH excluding ortho intramolecular Hbond substituents is 2. The number of hydrogen-bond acceptors (Lipinski definition) is 4. The molecule has 0 heterocycles. The summed E-state index contributed by atoms with van der Waals surface area (Å²) in [7, 11) is 1.63. The molecule has 0 aliphatic carbocycles. The fourth-order valence-corrected chi connectivity index (χ4v) is 3.27. The van der Waals surface area contributed by atoms with Gasteiger partial charge in [-0.15, -0.1) is 12.6 Å². The molecule has 118 valence electrons. The first-order valence-electron chi connectivity index (χ1n) is 7.40. The van der Waals surface area contributed by atoms with Crippen LogP contribution >= 0.6 is 12.6 Å². The topological polar surface area (TPSA) is 49.7 Å². The highest BCUT2D eigenvalue weighted by Gasteiger charge is 2.15. The third kappa shape index (κ3) is 2.59. The Morgan fingerprint density at radius 3 is 2.48 bits per heavy atom. The molecule has 0 spiro atoms. The van der Waals surface area contributed by atoms with E-state index in [1.165, 1.54) is 6.07 Å². The monoisotopic (exact) mass is 326 g/mol. The maximum absolute atomic E-state index is 10.3. The van der Waals surface area contributed by atoms with Crippen LogP contribution in [0, 0.1) is 0 Å². The van der Waals surface area contributed by atoms with Crippen molar-refractivity contribution in [3.8, 4) is 28.4 Å². The lowest BCUT2D eigenvalue weighted by Crippen LogP contribution is -1.90. The highest BCUT2D eigenvalue weighted by molar-refractivity contribution is 7.80. The number of aromatic hydroxyl groups is 2. The van der Waals surface area contributed by atoms with Crippen LogP contribution in [0.4, 0.5) is 0 Å². The van der Waals surface area contributed by atoms with Crippen molar-refractivity contribution in [2.45, 2.75) is 18.2 Å². The lowest BCUT2D eigenvalue weighted by Gasteiger charge is -2.14. The van der Waals surface area contributed by atoms with Gasteiger partial charge >= 0.3 is 0 Å². The average molecular weight is 326 g/mol. The quantitative estimate of drug-likeness (QED) is 0.607. The third-order valence-electron chi connectivity index (χ3n) is 4.07. The number of fused-ring (bicyclic) bond motifs is 1. The van der Waals surface area contributed by atoms with Crippen molar-refractivity contribution in [3.63, 3.8) is 0 Å². The summed E-state index contributed by atoms with van der Waals surface area (Å²) in [5.41, 5.74) is 2.24. The van der Waals surface area contributed by atoms with Crippen molar-refractivity contribution in [2.24, 2.45) is 0 Å². The number of thiol groups is 1. The number of hydrogen-bond donors (Lipinski definition) is 3. The Bertz CT molecular complexity index is 887. The Morgan fingerprint density at radius 2 is 1.78 bits per heavy atom. The minimum absolute atomic E-state index is 0.0317. The molecule has 0 saturated carbocycles. The number of rotatable bonds is 3. The van der Waals surface area contributed by atoms with Gasteiger partial charge in [-0.1, -0.05) is 31.2 Å². The Hall–Kier alpha value is -2.33. The highest BCUT2D eigenvalue weighted by atomic mass is 32.1. The van der Waals surface area contributed by atoms with Gasteiger partial charge < -0.3 is 14.9 Å². The van der Waals surface area contributed by atoms with Gasteiger partial charge in [0.15, 0.2) is 0 Å². The van der Waals surface area contributed by atoms with Gasteiger partial charge in [-0.2, -0.15) is 0 Å². The lowest BCUT2D eigenvalue weighted by molar-refractivity contribution is 0.419. The molecule has 3 aromatic rings. The first-order chi connectivity index (χ1) is 11.1. The molecule has 23 heavy (non-hydrogen) atoms. The van der Waals surface area contributed by atoms with Crippen molar-refractivity contribution in [2.75, 3.05) is 7.11 Å². The van der Waals surface area contributed by atoms with Crippen LogP contribution in [0.1, 0.15) is 12.5 Å². The van der Waals surface area contributed by atoms with Crippen molar-refractivity contribution in [1.82, 2.24) is 0 Å². The summed E-state index contributed by atoms with van der Waals surface area (Å²) in [6.07, 6.45) is 0.678. The van der Waals surface area contributed by atoms with E-state index in [1.807, 2.05) is 37.3 Å². The van der Waals surface area contributed by atoms with Crippen LogP contribution in [-0.2, 0) is 6.42 Å². The molecule has 2 N–H and O–H groups in total. The van der Waals surface area contributed by atoms with E-state index in [4.69, 9.17) is 4.74 Å². The zero-order valence-corrected chi connectivity index (χ0v) is 13.9. The molecule has 3 nitrogen and oxygen atoms in total. The molecule has 0 atom stereocenters. The van der Waals surface area contributed by atoms with E-state index in [-0.39, 0.29) is 11.5 Å². The summed E-state index contributed by atoms with van der Waals surface area (Å²) in [5, 5.41) is 22.1. The molecular formula is C19H18O3S. The van der Waals surface area contributed by atoms with Crippen LogP contribution < -0.4 is 4.74 Å². The number of aryl methyl sites for hydroxylation is 1. The predicted octanol–water partition coefficient (Wildman–Crippen LogP) is 4.78. The van der Waals surface area contributed by atoms with E-state index in [0.29, 0.717) is 12.0 Å². The van der Waals surface area contributed by atoms with Crippen LogP contribution in [0.15, 0.2) is 47.4 Å². The van der Waals surface area contributed by atoms with Gasteiger partial charge in [-0.25, -0.2) is 0 Å². The number of ether oxygens (including phenoxy) is 1. The molecule has 0 unspecified atom stereocenters. The Morgan fingerprint density at radius 1 is 1.00 bits per heavy atom. The molecule has 0 bridgehead atoms. The minimum Gasteiger partial charge on any atom is -0.508 e. The van der Waals surface area contributed by atoms with Gasteiger partial charge in [0.1, 0.15) is 17.2 Å². The Balaban J connectivity index is 2.31. The summed E-state index contributed by atoms with van der Waals surface area (Å²) in [6, 6.07) is 12.9. The third-order valence-corrected chi connectivity index (χ3v) is 4.53. The normalized spacial score (nSPS) is 10.9. The van der Waals surface area contributed by atoms with Gasteiger partial charge in [0.25, 0.3) is 0 Å². The van der Waals surface area contributed by atoms with Gasteiger partial charge in [-0.05, 0) is 35.1 Å². The molecule has 0 fully saturated rings. The van der Waals surface area contributed by atoms with Crippen LogP contribution in [0.3, 0.4) is 0 Å². The summed E-state index contributed by atoms with van der Waals surface area (Å²) >= 11 is 4.68. The molecule has 0 saturated heterocycles. The van der Waals surface area contributed by atoms with Crippen molar-refractivity contribution in [1.29, 1.82) is 0 Å².